The van der Waals surface area contributed by atoms with Crippen molar-refractivity contribution < 1.29 is 18.7 Å². The van der Waals surface area contributed by atoms with Crippen molar-refractivity contribution in [3.05, 3.63) is 34.7 Å². The Hall–Kier alpha value is -1.89. The molecule has 0 unspecified atom stereocenters. The van der Waals surface area contributed by atoms with Crippen LogP contribution >= 0.6 is 11.5 Å². The molecule has 0 aliphatic heterocycles. The fraction of sp³-hybridized carbons (Fsp3) is 0. The summed E-state index contributed by atoms with van der Waals surface area (Å²) in [7, 11) is 0. The summed E-state index contributed by atoms with van der Waals surface area (Å²) in [5.74, 6) is -3.45. The Morgan fingerprint density at radius 2 is 2.12 bits per heavy atom. The van der Waals surface area contributed by atoms with Gasteiger partial charge in [-0.3, -0.25) is 0 Å². The largest absolute Gasteiger partial charge is 0.477 e. The van der Waals surface area contributed by atoms with E-state index >= 15 is 0 Å². The first-order chi connectivity index (χ1) is 7.61. The molecule has 0 amide bonds. The van der Waals surface area contributed by atoms with Crippen LogP contribution in [0.1, 0.15) is 9.67 Å². The lowest BCUT2D eigenvalue weighted by Gasteiger charge is -2.00. The number of aromatic nitrogens is 2. The number of carbonyl (C=O) groups is 1. The van der Waals surface area contributed by atoms with Gasteiger partial charge in [-0.2, -0.15) is 0 Å². The second kappa shape index (κ2) is 3.93. The number of carboxylic acid groups (broad SMARTS) is 1. The highest BCUT2D eigenvalue weighted by molar-refractivity contribution is 7.08. The molecule has 0 bridgehead atoms. The fourth-order valence-corrected chi connectivity index (χ4v) is 1.71. The standard InChI is InChI=1S/C9H4F2N2O2S/c10-5-3-1-2-4(6(5)11)7-8(9(14)15)16-13-12-7/h1-3H,(H,14,15). The van der Waals surface area contributed by atoms with Crippen LogP contribution in [0.5, 0.6) is 0 Å². The van der Waals surface area contributed by atoms with Gasteiger partial charge in [0.05, 0.1) is 0 Å². The van der Waals surface area contributed by atoms with E-state index in [-0.39, 0.29) is 16.1 Å². The topological polar surface area (TPSA) is 63.1 Å². The summed E-state index contributed by atoms with van der Waals surface area (Å²) in [4.78, 5) is 10.5. The van der Waals surface area contributed by atoms with Crippen molar-refractivity contribution in [1.82, 2.24) is 9.59 Å². The lowest BCUT2D eigenvalue weighted by molar-refractivity contribution is 0.0702. The molecule has 0 saturated carbocycles. The van der Waals surface area contributed by atoms with E-state index in [2.05, 4.69) is 9.59 Å². The van der Waals surface area contributed by atoms with E-state index in [0.29, 0.717) is 11.5 Å². The lowest BCUT2D eigenvalue weighted by Crippen LogP contribution is -1.98. The van der Waals surface area contributed by atoms with Gasteiger partial charge in [-0.05, 0) is 23.7 Å². The predicted octanol–water partition coefficient (Wildman–Crippen LogP) is 2.18. The third kappa shape index (κ3) is 1.65. The Kier molecular flexibility index (Phi) is 2.61. The van der Waals surface area contributed by atoms with Gasteiger partial charge in [0.15, 0.2) is 16.5 Å². The van der Waals surface area contributed by atoms with Gasteiger partial charge in [-0.25, -0.2) is 13.6 Å². The molecule has 2 rings (SSSR count). The van der Waals surface area contributed by atoms with Gasteiger partial charge in [0.2, 0.25) is 0 Å². The van der Waals surface area contributed by atoms with Crippen LogP contribution in [0.25, 0.3) is 11.3 Å². The number of benzene rings is 1. The second-order valence-corrected chi connectivity index (χ2v) is 3.61. The number of rotatable bonds is 2. The zero-order valence-electron chi connectivity index (χ0n) is 7.65. The number of aromatic carboxylic acids is 1. The number of hydrogen-bond acceptors (Lipinski definition) is 4. The highest BCUT2D eigenvalue weighted by Gasteiger charge is 2.20. The molecule has 0 radical (unpaired) electrons. The smallest absolute Gasteiger partial charge is 0.349 e. The van der Waals surface area contributed by atoms with Gasteiger partial charge >= 0.3 is 5.97 Å². The fourth-order valence-electron chi connectivity index (χ4n) is 1.19. The molecule has 1 N–H and O–H groups in total. The molecule has 0 saturated heterocycles. The third-order valence-corrected chi connectivity index (χ3v) is 2.60. The van der Waals surface area contributed by atoms with Gasteiger partial charge in [-0.15, -0.1) is 5.10 Å². The Bertz CT molecular complexity index is 556. The summed E-state index contributed by atoms with van der Waals surface area (Å²) >= 11 is 0.617. The first-order valence-corrected chi connectivity index (χ1v) is 4.88. The van der Waals surface area contributed by atoms with Crippen LogP contribution in [0, 0.1) is 11.6 Å². The molecular weight excluding hydrogens is 238 g/mol. The molecule has 1 aromatic carbocycles. The van der Waals surface area contributed by atoms with Crippen molar-refractivity contribution in [1.29, 1.82) is 0 Å². The summed E-state index contributed by atoms with van der Waals surface area (Å²) in [6.07, 6.45) is 0. The molecule has 1 aromatic heterocycles. The first-order valence-electron chi connectivity index (χ1n) is 4.11. The quantitative estimate of drug-likeness (QED) is 0.876. The van der Waals surface area contributed by atoms with Crippen molar-refractivity contribution in [2.24, 2.45) is 0 Å². The third-order valence-electron chi connectivity index (χ3n) is 1.89. The first kappa shape index (κ1) is 10.6. The molecule has 7 heteroatoms. The minimum atomic E-state index is -1.27. The van der Waals surface area contributed by atoms with Crippen LogP contribution in [-0.4, -0.2) is 20.7 Å². The van der Waals surface area contributed by atoms with Crippen molar-refractivity contribution in [3.63, 3.8) is 0 Å². The van der Waals surface area contributed by atoms with E-state index in [0.717, 1.165) is 6.07 Å². The molecule has 2 aromatic rings. The zero-order valence-corrected chi connectivity index (χ0v) is 8.46. The van der Waals surface area contributed by atoms with E-state index in [4.69, 9.17) is 5.11 Å². The van der Waals surface area contributed by atoms with Gasteiger partial charge in [0.25, 0.3) is 0 Å². The van der Waals surface area contributed by atoms with Gasteiger partial charge in [0.1, 0.15) is 5.69 Å². The van der Waals surface area contributed by atoms with Crippen molar-refractivity contribution in [2.45, 2.75) is 0 Å². The van der Waals surface area contributed by atoms with E-state index in [9.17, 15) is 13.6 Å². The van der Waals surface area contributed by atoms with Crippen LogP contribution in [0.3, 0.4) is 0 Å². The minimum Gasteiger partial charge on any atom is -0.477 e. The molecule has 16 heavy (non-hydrogen) atoms. The Balaban J connectivity index is 2.63. The molecule has 0 fully saturated rings. The molecule has 1 heterocycles. The average Bonchev–Trinajstić information content (AvgIpc) is 2.70. The molecule has 0 spiro atoms. The summed E-state index contributed by atoms with van der Waals surface area (Å²) in [5, 5.41) is 12.3. The van der Waals surface area contributed by atoms with Crippen LogP contribution in [0.4, 0.5) is 8.78 Å². The maximum Gasteiger partial charge on any atom is 0.349 e. The number of hydrogen-bond donors (Lipinski definition) is 1. The number of halogens is 2. The molecule has 0 aliphatic carbocycles. The minimum absolute atomic E-state index is 0.158. The van der Waals surface area contributed by atoms with Crippen LogP contribution in [-0.2, 0) is 0 Å². The lowest BCUT2D eigenvalue weighted by atomic mass is 10.1. The van der Waals surface area contributed by atoms with Crippen molar-refractivity contribution in [3.8, 4) is 11.3 Å². The van der Waals surface area contributed by atoms with E-state index in [1.54, 1.807) is 0 Å². The van der Waals surface area contributed by atoms with E-state index < -0.39 is 17.6 Å². The summed E-state index contributed by atoms with van der Waals surface area (Å²) < 4.78 is 29.7. The SMILES string of the molecule is O=C(O)c1snnc1-c1cccc(F)c1F. The average molecular weight is 242 g/mol. The maximum atomic E-state index is 13.4. The number of nitrogens with zero attached hydrogens (tertiary/aromatic N) is 2. The highest BCUT2D eigenvalue weighted by atomic mass is 32.1. The predicted molar refractivity (Wildman–Crippen MR) is 52.2 cm³/mol. The number of carboxylic acids is 1. The Morgan fingerprint density at radius 3 is 2.81 bits per heavy atom. The molecule has 0 aliphatic rings. The van der Waals surface area contributed by atoms with Crippen LogP contribution < -0.4 is 0 Å². The second-order valence-electron chi connectivity index (χ2n) is 2.86. The van der Waals surface area contributed by atoms with E-state index in [1.807, 2.05) is 0 Å². The monoisotopic (exact) mass is 242 g/mol. The molecule has 82 valence electrons. The van der Waals surface area contributed by atoms with Crippen molar-refractivity contribution >= 4 is 17.5 Å². The van der Waals surface area contributed by atoms with Crippen molar-refractivity contribution in [2.75, 3.05) is 0 Å². The van der Waals surface area contributed by atoms with Gasteiger partial charge < -0.3 is 5.11 Å². The Labute approximate surface area is 92.3 Å². The van der Waals surface area contributed by atoms with Gasteiger partial charge in [0, 0.05) is 5.56 Å². The summed E-state index contributed by atoms with van der Waals surface area (Å²) in [5.41, 5.74) is -0.361. The maximum absolute atomic E-state index is 13.4. The molecule has 4 nitrogen and oxygen atoms in total. The van der Waals surface area contributed by atoms with E-state index in [1.165, 1.54) is 12.1 Å². The Morgan fingerprint density at radius 1 is 1.38 bits per heavy atom. The highest BCUT2D eigenvalue weighted by Crippen LogP contribution is 2.27. The molecular formula is C9H4F2N2O2S. The summed E-state index contributed by atoms with van der Waals surface area (Å²) in [6, 6.07) is 3.47. The zero-order chi connectivity index (χ0) is 11.7. The molecule has 0 atom stereocenters. The summed E-state index contributed by atoms with van der Waals surface area (Å²) in [6.45, 7) is 0. The van der Waals surface area contributed by atoms with Crippen LogP contribution in [0.2, 0.25) is 0 Å². The van der Waals surface area contributed by atoms with Gasteiger partial charge in [-0.1, -0.05) is 10.6 Å². The van der Waals surface area contributed by atoms with Crippen LogP contribution in [0.15, 0.2) is 18.2 Å². The normalized spacial score (nSPS) is 10.4.